The van der Waals surface area contributed by atoms with Gasteiger partial charge in [0.05, 0.1) is 53.4 Å². The van der Waals surface area contributed by atoms with E-state index in [-0.39, 0.29) is 0 Å². The Morgan fingerprint density at radius 1 is 0.423 bits per heavy atom. The number of rotatable bonds is 10. The molecule has 12 nitrogen and oxygen atoms in total. The molecule has 52 heavy (non-hydrogen) atoms. The third-order valence-corrected chi connectivity index (χ3v) is 12.9. The Labute approximate surface area is 296 Å². The maximum atomic E-state index is 11.4. The fourth-order valence-electron chi connectivity index (χ4n) is 4.51. The number of unbranched alkanes of at least 4 members (excludes halogenated alkanes) is 2. The van der Waals surface area contributed by atoms with Crippen LogP contribution in [0.2, 0.25) is 0 Å². The molecule has 2 rings (SSSR count). The summed E-state index contributed by atoms with van der Waals surface area (Å²) in [5.41, 5.74) is -24.8. The van der Waals surface area contributed by atoms with Gasteiger partial charge in [-0.1, -0.05) is 26.7 Å². The van der Waals surface area contributed by atoms with E-state index in [0.717, 1.165) is 8.25 Å². The van der Waals surface area contributed by atoms with E-state index in [0.29, 0.717) is 0 Å². The van der Waals surface area contributed by atoms with E-state index in [2.05, 4.69) is 27.9 Å². The zero-order valence-electron chi connectivity index (χ0n) is 28.5. The molecule has 2 fully saturated rings. The van der Waals surface area contributed by atoms with Crippen LogP contribution >= 0.6 is 0 Å². The van der Waals surface area contributed by atoms with E-state index in [1.165, 1.54) is 112 Å². The summed E-state index contributed by atoms with van der Waals surface area (Å²) in [4.78, 5) is 0. The Bertz CT molecular complexity index is 1310. The van der Waals surface area contributed by atoms with Gasteiger partial charge < -0.3 is 17.2 Å². The summed E-state index contributed by atoms with van der Waals surface area (Å²) in [5, 5.41) is 0. The molecule has 0 saturated carbocycles. The first-order valence-corrected chi connectivity index (χ1v) is 21.1. The highest BCUT2D eigenvalue weighted by atomic mass is 32.3. The maximum Gasteiger partial charge on any atom is 0.480 e. The van der Waals surface area contributed by atoms with Gasteiger partial charge in [-0.3, -0.25) is 0 Å². The van der Waals surface area contributed by atoms with Crippen molar-refractivity contribution in [3.05, 3.63) is 8.25 Å². The van der Waals surface area contributed by atoms with E-state index in [1.807, 2.05) is 0 Å². The fraction of sp³-hybridized carbons (Fsp3) is 1.00. The molecule has 0 aliphatic carbocycles. The van der Waals surface area contributed by atoms with Crippen molar-refractivity contribution in [3.63, 3.8) is 0 Å². The van der Waals surface area contributed by atoms with E-state index in [9.17, 15) is 86.4 Å². The zero-order valence-corrected chi connectivity index (χ0v) is 31.8. The Hall–Kier alpha value is -1.20. The van der Waals surface area contributed by atoms with E-state index >= 15 is 0 Å². The minimum absolute atomic E-state index is 0.778. The first-order valence-electron chi connectivity index (χ1n) is 15.4. The minimum Gasteiger partial charge on any atom is -0.421 e. The third-order valence-electron chi connectivity index (χ3n) is 7.46. The Morgan fingerprint density at radius 2 is 0.615 bits per heavy atom. The summed E-state index contributed by atoms with van der Waals surface area (Å²) in [6.07, 6.45) is 14.3. The monoisotopic (exact) mass is 872 g/mol. The van der Waals surface area contributed by atoms with Crippen LogP contribution in [0, 0.1) is 0 Å². The van der Waals surface area contributed by atoms with Crippen LogP contribution < -0.4 is 0 Å². The molecular formula is C24H44F12N4O8S4. The average Bonchev–Trinajstić information content (AvgIpc) is 2.93. The first kappa shape index (κ1) is 52.9. The molecule has 0 amide bonds. The topological polar surface area (TPSA) is 165 Å². The molecular weight excluding hydrogens is 829 g/mol. The average molecular weight is 873 g/mol. The van der Waals surface area contributed by atoms with Gasteiger partial charge in [-0.25, -0.2) is 33.7 Å². The molecule has 2 heterocycles. The smallest absolute Gasteiger partial charge is 0.421 e. The normalized spacial score (nSPS) is 18.8. The lowest BCUT2D eigenvalue weighted by atomic mass is 10.1. The van der Waals surface area contributed by atoms with Gasteiger partial charge in [-0.15, -0.1) is 0 Å². The zero-order chi connectivity index (χ0) is 41.7. The number of piperidine rings is 2. The summed E-state index contributed by atoms with van der Waals surface area (Å²) >= 11 is 0. The predicted octanol–water partition coefficient (Wildman–Crippen LogP) is 6.95. The SMILES string of the molecule is CCCC[N+]1(C)CCCCC1.CCCC[N+]1(C)CCCCC1.O=S(=O)([N-]S(=O)(=O)C(F)(F)F)C(F)(F)F.O=S(=O)([N-]S(=O)(=O)C(F)(F)F)C(F)(F)F. The molecule has 2 aliphatic heterocycles. The highest BCUT2D eigenvalue weighted by Gasteiger charge is 2.48. The summed E-state index contributed by atoms with van der Waals surface area (Å²) in [6, 6.07) is 0. The summed E-state index contributed by atoms with van der Waals surface area (Å²) in [6.45, 7) is 13.1. The van der Waals surface area contributed by atoms with Crippen molar-refractivity contribution in [2.75, 3.05) is 53.4 Å². The van der Waals surface area contributed by atoms with Crippen LogP contribution in [-0.4, -0.2) is 118 Å². The lowest BCUT2D eigenvalue weighted by molar-refractivity contribution is -0.914. The Morgan fingerprint density at radius 3 is 0.769 bits per heavy atom. The molecule has 0 unspecified atom stereocenters. The number of likely N-dealkylation sites (tertiary alicyclic amines) is 2. The quantitative estimate of drug-likeness (QED) is 0.168. The molecule has 0 aromatic rings. The third kappa shape index (κ3) is 18.9. The van der Waals surface area contributed by atoms with Crippen molar-refractivity contribution in [1.29, 1.82) is 0 Å². The van der Waals surface area contributed by atoms with Crippen LogP contribution in [0.25, 0.3) is 8.25 Å². The molecule has 28 heteroatoms. The second-order valence-electron chi connectivity index (χ2n) is 12.2. The first-order chi connectivity index (χ1) is 22.9. The van der Waals surface area contributed by atoms with Crippen LogP contribution in [0.1, 0.15) is 78.1 Å². The van der Waals surface area contributed by atoms with Gasteiger partial charge >= 0.3 is 22.0 Å². The minimum atomic E-state index is -6.72. The number of hydrogen-bond donors (Lipinski definition) is 0. The van der Waals surface area contributed by atoms with Gasteiger partial charge in [0.1, 0.15) is 0 Å². The Kier molecular flexibility index (Phi) is 20.5. The maximum absolute atomic E-state index is 11.4. The van der Waals surface area contributed by atoms with Crippen LogP contribution in [0.3, 0.4) is 0 Å². The summed E-state index contributed by atoms with van der Waals surface area (Å²) in [5.74, 6) is 0. The van der Waals surface area contributed by atoms with Gasteiger partial charge in [0.25, 0.3) is 0 Å². The number of hydrogen-bond acceptors (Lipinski definition) is 8. The van der Waals surface area contributed by atoms with Crippen molar-refractivity contribution < 1.29 is 95.3 Å². The number of sulfonamides is 4. The molecule has 0 bridgehead atoms. The standard InChI is InChI=1S/2C10H22N.2C2F6NO4S2/c2*1-3-4-8-11(2)9-6-5-7-10-11;2*3-1(4,5)14(10,11)9-15(12,13)2(6,7)8/h2*3-10H2,1-2H3;;/q2*+1;2*-1. The van der Waals surface area contributed by atoms with Crippen molar-refractivity contribution in [2.24, 2.45) is 0 Å². The van der Waals surface area contributed by atoms with Gasteiger partial charge in [-0.2, -0.15) is 52.7 Å². The number of nitrogens with zero attached hydrogens (tertiary/aromatic N) is 4. The Balaban J connectivity index is 0. The van der Waals surface area contributed by atoms with E-state index in [4.69, 9.17) is 0 Å². The second kappa shape index (κ2) is 20.1. The van der Waals surface area contributed by atoms with Gasteiger partial charge in [0.2, 0.25) is 0 Å². The number of alkyl halides is 12. The van der Waals surface area contributed by atoms with Gasteiger partial charge in [-0.05, 0) is 51.4 Å². The van der Waals surface area contributed by atoms with E-state index in [1.54, 1.807) is 0 Å². The molecule has 2 aliphatic rings. The van der Waals surface area contributed by atoms with E-state index < -0.39 is 62.1 Å². The second-order valence-corrected chi connectivity index (χ2v) is 19.1. The molecule has 0 N–H and O–H groups in total. The summed E-state index contributed by atoms with van der Waals surface area (Å²) < 4.78 is 221. The lowest BCUT2D eigenvalue weighted by Gasteiger charge is -2.37. The molecule has 0 aromatic heterocycles. The number of halogens is 12. The van der Waals surface area contributed by atoms with Crippen molar-refractivity contribution in [2.45, 2.75) is 100 Å². The molecule has 0 spiro atoms. The van der Waals surface area contributed by atoms with Crippen molar-refractivity contribution in [3.8, 4) is 0 Å². The molecule has 0 radical (unpaired) electrons. The molecule has 316 valence electrons. The van der Waals surface area contributed by atoms with Crippen molar-refractivity contribution >= 4 is 40.1 Å². The highest BCUT2D eigenvalue weighted by Crippen LogP contribution is 2.37. The number of quaternary nitrogens is 2. The van der Waals surface area contributed by atoms with Gasteiger partial charge in [0, 0.05) is 0 Å². The van der Waals surface area contributed by atoms with Gasteiger partial charge in [0.15, 0.2) is 40.1 Å². The fourth-order valence-corrected chi connectivity index (χ4v) is 7.92. The molecule has 0 aromatic carbocycles. The van der Waals surface area contributed by atoms with Crippen LogP contribution in [0.4, 0.5) is 52.7 Å². The molecule has 2 saturated heterocycles. The largest absolute Gasteiger partial charge is 0.480 e. The lowest BCUT2D eigenvalue weighted by Crippen LogP contribution is -2.48. The summed E-state index contributed by atoms with van der Waals surface area (Å²) in [7, 11) is -22.0. The molecule has 0 atom stereocenters. The van der Waals surface area contributed by atoms with Crippen LogP contribution in [0.15, 0.2) is 0 Å². The highest BCUT2D eigenvalue weighted by molar-refractivity contribution is 8.13. The van der Waals surface area contributed by atoms with Crippen molar-refractivity contribution in [1.82, 2.24) is 0 Å². The van der Waals surface area contributed by atoms with Crippen LogP contribution in [-0.2, 0) is 40.1 Å². The predicted molar refractivity (Wildman–Crippen MR) is 166 cm³/mol. The van der Waals surface area contributed by atoms with Crippen LogP contribution in [0.5, 0.6) is 0 Å².